The second-order valence-electron chi connectivity index (χ2n) is 8.02. The van der Waals surface area contributed by atoms with Crippen LogP contribution in [0.2, 0.25) is 0 Å². The molecule has 0 aromatic heterocycles. The lowest BCUT2D eigenvalue weighted by atomic mass is 9.71. The molecule has 3 unspecified atom stereocenters. The van der Waals surface area contributed by atoms with Crippen LogP contribution in [0.25, 0.3) is 5.70 Å². The number of Topliss-reactive ketones (excluding diaryl/α,β-unsaturated/α-hetero) is 3. The number of benzene rings is 1. The maximum atomic E-state index is 13.3. The molecular formula is C21H24ClNO6S. The fourth-order valence-electron chi connectivity index (χ4n) is 4.09. The van der Waals surface area contributed by atoms with Crippen LogP contribution in [0, 0.1) is 24.7 Å². The first-order chi connectivity index (χ1) is 14.0. The molecule has 1 saturated carbocycles. The number of hydrogen-bond donors (Lipinski definition) is 1. The Hall–Kier alpha value is -2.03. The standard InChI is InChI=1S/C21H24ClNO6S/c1-10-7-11(2)20(25)18(19(10)24)21(26)14-5-6-16(30(4,27)28)17(12(14)3)15-8-13(9-22)29-23-15/h5-6,8,10-11,13,18,23H,7,9H2,1-4H3. The predicted molar refractivity (Wildman–Crippen MR) is 112 cm³/mol. The number of carbonyl (C=O) groups excluding carboxylic acids is 3. The van der Waals surface area contributed by atoms with Crippen LogP contribution in [0.15, 0.2) is 23.1 Å². The maximum Gasteiger partial charge on any atom is 0.181 e. The van der Waals surface area contributed by atoms with E-state index in [1.165, 1.54) is 12.1 Å². The third-order valence-electron chi connectivity index (χ3n) is 5.70. The summed E-state index contributed by atoms with van der Waals surface area (Å²) < 4.78 is 24.7. The summed E-state index contributed by atoms with van der Waals surface area (Å²) in [5.74, 6) is -3.37. The van der Waals surface area contributed by atoms with Gasteiger partial charge in [-0.2, -0.15) is 0 Å². The Labute approximate surface area is 180 Å². The first-order valence-corrected chi connectivity index (χ1v) is 12.0. The van der Waals surface area contributed by atoms with Gasteiger partial charge in [-0.05, 0) is 37.1 Å². The zero-order valence-electron chi connectivity index (χ0n) is 17.2. The molecule has 3 rings (SSSR count). The van der Waals surface area contributed by atoms with Gasteiger partial charge in [-0.25, -0.2) is 8.42 Å². The van der Waals surface area contributed by atoms with Crippen molar-refractivity contribution in [3.8, 4) is 0 Å². The summed E-state index contributed by atoms with van der Waals surface area (Å²) in [5.41, 5.74) is 3.81. The van der Waals surface area contributed by atoms with Gasteiger partial charge in [-0.3, -0.25) is 24.7 Å². The molecule has 1 aliphatic heterocycles. The molecule has 0 radical (unpaired) electrons. The van der Waals surface area contributed by atoms with Gasteiger partial charge < -0.3 is 0 Å². The van der Waals surface area contributed by atoms with Gasteiger partial charge in [0.15, 0.2) is 27.2 Å². The van der Waals surface area contributed by atoms with Gasteiger partial charge in [-0.15, -0.1) is 11.6 Å². The van der Waals surface area contributed by atoms with E-state index in [1.807, 2.05) is 0 Å². The summed E-state index contributed by atoms with van der Waals surface area (Å²) in [6.07, 6.45) is 2.67. The normalized spacial score (nSPS) is 27.0. The number of rotatable bonds is 5. The van der Waals surface area contributed by atoms with Gasteiger partial charge >= 0.3 is 0 Å². The minimum absolute atomic E-state index is 0.0113. The fourth-order valence-corrected chi connectivity index (χ4v) is 5.19. The van der Waals surface area contributed by atoms with Crippen LogP contribution in [0.1, 0.15) is 41.8 Å². The quantitative estimate of drug-likeness (QED) is 0.414. The van der Waals surface area contributed by atoms with E-state index in [4.69, 9.17) is 16.4 Å². The van der Waals surface area contributed by atoms with Crippen molar-refractivity contribution in [2.24, 2.45) is 17.8 Å². The molecule has 1 heterocycles. The minimum atomic E-state index is -3.64. The van der Waals surface area contributed by atoms with E-state index in [9.17, 15) is 22.8 Å². The highest BCUT2D eigenvalue weighted by molar-refractivity contribution is 7.90. The smallest absolute Gasteiger partial charge is 0.181 e. The zero-order chi connectivity index (χ0) is 22.4. The van der Waals surface area contributed by atoms with E-state index in [1.54, 1.807) is 26.8 Å². The fraction of sp³-hybridized carbons (Fsp3) is 0.476. The molecule has 9 heteroatoms. The molecule has 162 valence electrons. The number of sulfone groups is 1. The Balaban J connectivity index is 2.15. The summed E-state index contributed by atoms with van der Waals surface area (Å²) in [4.78, 5) is 43.9. The van der Waals surface area contributed by atoms with Crippen molar-refractivity contribution >= 4 is 44.5 Å². The largest absolute Gasteiger partial charge is 0.298 e. The molecule has 2 aliphatic rings. The van der Waals surface area contributed by atoms with E-state index < -0.39 is 27.6 Å². The molecule has 1 aromatic rings. The number of hydroxylamine groups is 1. The molecule has 0 amide bonds. The molecular weight excluding hydrogens is 430 g/mol. The first-order valence-electron chi connectivity index (χ1n) is 9.62. The predicted octanol–water partition coefficient (Wildman–Crippen LogP) is 2.49. The van der Waals surface area contributed by atoms with Crippen molar-refractivity contribution in [2.45, 2.75) is 38.2 Å². The lowest BCUT2D eigenvalue weighted by Gasteiger charge is -2.28. The van der Waals surface area contributed by atoms with Gasteiger partial charge in [-0.1, -0.05) is 13.8 Å². The highest BCUT2D eigenvalue weighted by Gasteiger charge is 2.44. The van der Waals surface area contributed by atoms with Crippen LogP contribution in [0.4, 0.5) is 0 Å². The highest BCUT2D eigenvalue weighted by atomic mass is 35.5. The maximum absolute atomic E-state index is 13.3. The average Bonchev–Trinajstić information content (AvgIpc) is 3.14. The van der Waals surface area contributed by atoms with Crippen LogP contribution in [0.5, 0.6) is 0 Å². The SMILES string of the molecule is Cc1c(C(=O)C2C(=O)C(C)CC(C)C2=O)ccc(S(C)(=O)=O)c1C1=CC(CCl)ON1. The summed E-state index contributed by atoms with van der Waals surface area (Å²) >= 11 is 5.82. The van der Waals surface area contributed by atoms with E-state index in [-0.39, 0.29) is 45.3 Å². The second-order valence-corrected chi connectivity index (χ2v) is 10.3. The molecule has 7 nitrogen and oxygen atoms in total. The number of nitrogens with one attached hydrogen (secondary N) is 1. The third-order valence-corrected chi connectivity index (χ3v) is 7.14. The lowest BCUT2D eigenvalue weighted by molar-refractivity contribution is -0.139. The lowest BCUT2D eigenvalue weighted by Crippen LogP contribution is -2.43. The van der Waals surface area contributed by atoms with Crippen LogP contribution < -0.4 is 5.48 Å². The van der Waals surface area contributed by atoms with E-state index in [0.717, 1.165) is 6.26 Å². The Morgan fingerprint density at radius 3 is 2.30 bits per heavy atom. The average molecular weight is 454 g/mol. The van der Waals surface area contributed by atoms with Crippen molar-refractivity contribution in [3.63, 3.8) is 0 Å². The molecule has 0 saturated heterocycles. The Bertz CT molecular complexity index is 1040. The van der Waals surface area contributed by atoms with Crippen LogP contribution >= 0.6 is 11.6 Å². The van der Waals surface area contributed by atoms with Crippen LogP contribution in [-0.2, 0) is 24.3 Å². The Morgan fingerprint density at radius 1 is 1.20 bits per heavy atom. The van der Waals surface area contributed by atoms with Crippen molar-refractivity contribution in [2.75, 3.05) is 12.1 Å². The third kappa shape index (κ3) is 3.96. The first kappa shape index (κ1) is 22.7. The van der Waals surface area contributed by atoms with Gasteiger partial charge in [0.25, 0.3) is 0 Å². The Morgan fingerprint density at radius 2 is 1.80 bits per heavy atom. The minimum Gasteiger partial charge on any atom is -0.298 e. The summed E-state index contributed by atoms with van der Waals surface area (Å²) in [5, 5.41) is 0. The molecule has 1 aliphatic carbocycles. The molecule has 1 N–H and O–H groups in total. The summed E-state index contributed by atoms with van der Waals surface area (Å²) in [7, 11) is -3.64. The van der Waals surface area contributed by atoms with Gasteiger partial charge in [0.1, 0.15) is 12.0 Å². The molecule has 0 bridgehead atoms. The number of ketones is 3. The van der Waals surface area contributed by atoms with E-state index in [2.05, 4.69) is 5.48 Å². The van der Waals surface area contributed by atoms with Gasteiger partial charge in [0.05, 0.1) is 16.5 Å². The molecule has 3 atom stereocenters. The summed E-state index contributed by atoms with van der Waals surface area (Å²) in [6.45, 7) is 5.03. The molecule has 1 fully saturated rings. The van der Waals surface area contributed by atoms with E-state index in [0.29, 0.717) is 17.7 Å². The van der Waals surface area contributed by atoms with Crippen LogP contribution in [-0.4, -0.2) is 44.0 Å². The number of alkyl halides is 1. The van der Waals surface area contributed by atoms with Crippen molar-refractivity contribution in [1.29, 1.82) is 0 Å². The van der Waals surface area contributed by atoms with Crippen molar-refractivity contribution in [3.05, 3.63) is 34.9 Å². The number of hydrogen-bond acceptors (Lipinski definition) is 7. The van der Waals surface area contributed by atoms with Crippen molar-refractivity contribution < 1.29 is 27.6 Å². The highest BCUT2D eigenvalue weighted by Crippen LogP contribution is 2.34. The zero-order valence-corrected chi connectivity index (χ0v) is 18.8. The van der Waals surface area contributed by atoms with Gasteiger partial charge in [0.2, 0.25) is 0 Å². The van der Waals surface area contributed by atoms with Crippen molar-refractivity contribution in [1.82, 2.24) is 5.48 Å². The monoisotopic (exact) mass is 453 g/mol. The van der Waals surface area contributed by atoms with E-state index >= 15 is 0 Å². The molecule has 30 heavy (non-hydrogen) atoms. The number of halogens is 1. The van der Waals surface area contributed by atoms with Gasteiger partial charge in [0, 0.05) is 29.2 Å². The topological polar surface area (TPSA) is 107 Å². The molecule has 1 aromatic carbocycles. The Kier molecular flexibility index (Phi) is 6.23. The number of carbonyl (C=O) groups is 3. The molecule has 0 spiro atoms. The second kappa shape index (κ2) is 8.24. The summed E-state index contributed by atoms with van der Waals surface area (Å²) in [6, 6.07) is 2.70. The van der Waals surface area contributed by atoms with Crippen LogP contribution in [0.3, 0.4) is 0 Å².